The third kappa shape index (κ3) is 4.52. The maximum Gasteiger partial charge on any atom is 0.325 e. The van der Waals surface area contributed by atoms with Crippen LogP contribution < -0.4 is 10.6 Å². The first-order valence-corrected chi connectivity index (χ1v) is 11.4. The molecule has 176 valence electrons. The number of hydrogen-bond donors (Lipinski definition) is 2. The molecule has 0 saturated carbocycles. The highest BCUT2D eigenvalue weighted by Gasteiger charge is 2.49. The molecule has 36 heavy (non-hydrogen) atoms. The molecule has 4 amide bonds. The van der Waals surface area contributed by atoms with Crippen LogP contribution in [0.1, 0.15) is 23.7 Å². The third-order valence-corrected chi connectivity index (χ3v) is 6.05. The van der Waals surface area contributed by atoms with Crippen LogP contribution in [0.4, 0.5) is 10.5 Å². The molecule has 4 aromatic rings. The first-order valence-electron chi connectivity index (χ1n) is 11.4. The number of fused-ring (bicyclic) bond motifs is 1. The quantitative estimate of drug-likeness (QED) is 0.345. The van der Waals surface area contributed by atoms with E-state index in [0.29, 0.717) is 22.5 Å². The van der Waals surface area contributed by atoms with Crippen LogP contribution in [-0.4, -0.2) is 34.3 Å². The van der Waals surface area contributed by atoms with E-state index in [-0.39, 0.29) is 0 Å². The molecule has 7 heteroatoms. The Labute approximate surface area is 208 Å². The van der Waals surface area contributed by atoms with Gasteiger partial charge in [0.2, 0.25) is 5.91 Å². The summed E-state index contributed by atoms with van der Waals surface area (Å²) >= 11 is 0. The van der Waals surface area contributed by atoms with Gasteiger partial charge in [0.1, 0.15) is 17.8 Å². The highest BCUT2D eigenvalue weighted by Crippen LogP contribution is 2.31. The van der Waals surface area contributed by atoms with E-state index in [1.807, 2.05) is 66.7 Å². The zero-order valence-electron chi connectivity index (χ0n) is 19.5. The lowest BCUT2D eigenvalue weighted by molar-refractivity contribution is -0.133. The lowest BCUT2D eigenvalue weighted by atomic mass is 9.90. The molecule has 1 unspecified atom stereocenters. The number of amides is 4. The molecule has 0 radical (unpaired) electrons. The summed E-state index contributed by atoms with van der Waals surface area (Å²) in [7, 11) is 0. The molecule has 2 N–H and O–H groups in total. The summed E-state index contributed by atoms with van der Waals surface area (Å²) in [5.74, 6) is 5.01. The van der Waals surface area contributed by atoms with Crippen molar-refractivity contribution >= 4 is 34.3 Å². The van der Waals surface area contributed by atoms with Gasteiger partial charge >= 0.3 is 6.03 Å². The van der Waals surface area contributed by atoms with E-state index in [4.69, 9.17) is 0 Å². The van der Waals surface area contributed by atoms with E-state index in [1.54, 1.807) is 31.3 Å². The number of nitrogens with one attached hydrogen (secondary N) is 2. The molecule has 0 spiro atoms. The van der Waals surface area contributed by atoms with Gasteiger partial charge in [-0.2, -0.15) is 0 Å². The zero-order valence-corrected chi connectivity index (χ0v) is 19.5. The second kappa shape index (κ2) is 9.35. The Kier molecular flexibility index (Phi) is 5.93. The van der Waals surface area contributed by atoms with E-state index < -0.39 is 29.9 Å². The second-order valence-corrected chi connectivity index (χ2v) is 8.60. The molecule has 1 aromatic heterocycles. The van der Waals surface area contributed by atoms with Gasteiger partial charge in [-0.25, -0.2) is 9.78 Å². The number of aromatic nitrogens is 1. The first kappa shape index (κ1) is 22.8. The van der Waals surface area contributed by atoms with Crippen molar-refractivity contribution in [3.8, 4) is 11.8 Å². The standard InChI is InChI=1S/C29H22N4O3/c1-29(23-14-13-21-8-2-3-9-22(21)18-23)27(35)33(28(36)32-29)19-26(34)31-25-11-6-7-20(17-25)12-15-24-10-4-5-16-30-24/h2-11,13-14,16-18H,19H2,1H3,(H,31,34)(H,32,36). The van der Waals surface area contributed by atoms with Gasteiger partial charge in [0.15, 0.2) is 0 Å². The fraction of sp³-hybridized carbons (Fsp3) is 0.103. The Morgan fingerprint density at radius 3 is 2.56 bits per heavy atom. The molecule has 7 nitrogen and oxygen atoms in total. The lowest BCUT2D eigenvalue weighted by Gasteiger charge is -2.22. The van der Waals surface area contributed by atoms with Gasteiger partial charge in [-0.1, -0.05) is 54.5 Å². The van der Waals surface area contributed by atoms with Crippen LogP contribution in [-0.2, 0) is 15.1 Å². The fourth-order valence-electron chi connectivity index (χ4n) is 4.13. The molecule has 1 atom stereocenters. The third-order valence-electron chi connectivity index (χ3n) is 6.05. The highest BCUT2D eigenvalue weighted by atomic mass is 16.2. The maximum atomic E-state index is 13.3. The Balaban J connectivity index is 1.29. The Morgan fingerprint density at radius 1 is 0.944 bits per heavy atom. The number of hydrogen-bond acceptors (Lipinski definition) is 4. The lowest BCUT2D eigenvalue weighted by Crippen LogP contribution is -2.42. The summed E-state index contributed by atoms with van der Waals surface area (Å²) in [6, 6.07) is 25.3. The van der Waals surface area contributed by atoms with Gasteiger partial charge in [0, 0.05) is 17.4 Å². The number of rotatable bonds is 4. The largest absolute Gasteiger partial charge is 0.325 e. The number of carbonyl (C=O) groups excluding carboxylic acids is 3. The van der Waals surface area contributed by atoms with Crippen molar-refractivity contribution in [2.24, 2.45) is 0 Å². The van der Waals surface area contributed by atoms with Crippen LogP contribution in [0, 0.1) is 11.8 Å². The van der Waals surface area contributed by atoms with Crippen molar-refractivity contribution in [2.45, 2.75) is 12.5 Å². The van der Waals surface area contributed by atoms with Crippen LogP contribution in [0.2, 0.25) is 0 Å². The average Bonchev–Trinajstić information content (AvgIpc) is 3.11. The van der Waals surface area contributed by atoms with Crippen LogP contribution in [0.3, 0.4) is 0 Å². The number of benzene rings is 3. The summed E-state index contributed by atoms with van der Waals surface area (Å²) in [5, 5.41) is 7.49. The maximum absolute atomic E-state index is 13.3. The van der Waals surface area contributed by atoms with Crippen LogP contribution in [0.25, 0.3) is 10.8 Å². The highest BCUT2D eigenvalue weighted by molar-refractivity contribution is 6.10. The zero-order chi connectivity index (χ0) is 25.1. The molecular weight excluding hydrogens is 452 g/mol. The minimum absolute atomic E-state index is 0.405. The SMILES string of the molecule is CC1(c2ccc3ccccc3c2)NC(=O)N(CC(=O)Nc2cccc(C#Cc3ccccn3)c2)C1=O. The van der Waals surface area contributed by atoms with E-state index >= 15 is 0 Å². The molecule has 3 aromatic carbocycles. The number of nitrogens with zero attached hydrogens (tertiary/aromatic N) is 2. The Hall–Kier alpha value is -4.96. The van der Waals surface area contributed by atoms with E-state index in [2.05, 4.69) is 27.5 Å². The molecule has 0 bridgehead atoms. The van der Waals surface area contributed by atoms with Gasteiger partial charge in [-0.3, -0.25) is 14.5 Å². The van der Waals surface area contributed by atoms with Gasteiger partial charge in [-0.05, 0) is 65.6 Å². The smallest absolute Gasteiger partial charge is 0.324 e. The molecule has 1 fully saturated rings. The summed E-state index contributed by atoms with van der Waals surface area (Å²) in [4.78, 5) is 43.8. The van der Waals surface area contributed by atoms with Gasteiger partial charge in [-0.15, -0.1) is 0 Å². The molecule has 1 saturated heterocycles. The van der Waals surface area contributed by atoms with Crippen LogP contribution in [0.5, 0.6) is 0 Å². The van der Waals surface area contributed by atoms with Crippen molar-refractivity contribution in [3.05, 3.63) is 108 Å². The molecule has 0 aliphatic carbocycles. The topological polar surface area (TPSA) is 91.4 Å². The van der Waals surface area contributed by atoms with Crippen molar-refractivity contribution in [2.75, 3.05) is 11.9 Å². The van der Waals surface area contributed by atoms with E-state index in [1.165, 1.54) is 0 Å². The summed E-state index contributed by atoms with van der Waals surface area (Å²) < 4.78 is 0. The number of carbonyl (C=O) groups is 3. The van der Waals surface area contributed by atoms with E-state index in [9.17, 15) is 14.4 Å². The number of anilines is 1. The number of urea groups is 1. The summed E-state index contributed by atoms with van der Waals surface area (Å²) in [5.41, 5.74) is 1.23. The number of pyridine rings is 1. The molecule has 2 heterocycles. The first-order chi connectivity index (χ1) is 17.4. The molecular formula is C29H22N4O3. The van der Waals surface area contributed by atoms with Crippen molar-refractivity contribution in [1.29, 1.82) is 0 Å². The Morgan fingerprint density at radius 2 is 1.75 bits per heavy atom. The molecule has 1 aliphatic rings. The van der Waals surface area contributed by atoms with Crippen molar-refractivity contribution in [1.82, 2.24) is 15.2 Å². The van der Waals surface area contributed by atoms with Gasteiger partial charge < -0.3 is 10.6 Å². The van der Waals surface area contributed by atoms with E-state index in [0.717, 1.165) is 15.7 Å². The Bertz CT molecular complexity index is 1560. The number of imide groups is 1. The van der Waals surface area contributed by atoms with Gasteiger partial charge in [0.25, 0.3) is 5.91 Å². The summed E-state index contributed by atoms with van der Waals surface area (Å²) in [6.45, 7) is 1.25. The second-order valence-electron chi connectivity index (χ2n) is 8.60. The van der Waals surface area contributed by atoms with Crippen LogP contribution in [0.15, 0.2) is 91.1 Å². The minimum Gasteiger partial charge on any atom is -0.324 e. The van der Waals surface area contributed by atoms with Crippen molar-refractivity contribution < 1.29 is 14.4 Å². The van der Waals surface area contributed by atoms with Gasteiger partial charge in [0.05, 0.1) is 0 Å². The fourth-order valence-corrected chi connectivity index (χ4v) is 4.13. The van der Waals surface area contributed by atoms with Crippen molar-refractivity contribution in [3.63, 3.8) is 0 Å². The normalized spacial score (nSPS) is 16.9. The predicted octanol–water partition coefficient (Wildman–Crippen LogP) is 4.04. The summed E-state index contributed by atoms with van der Waals surface area (Å²) in [6.07, 6.45) is 1.67. The molecule has 5 rings (SSSR count). The molecule has 1 aliphatic heterocycles. The average molecular weight is 475 g/mol. The monoisotopic (exact) mass is 474 g/mol. The minimum atomic E-state index is -1.26. The van der Waals surface area contributed by atoms with Crippen LogP contribution >= 0.6 is 0 Å². The predicted molar refractivity (Wildman–Crippen MR) is 137 cm³/mol.